The summed E-state index contributed by atoms with van der Waals surface area (Å²) in [7, 11) is 0. The number of hydrogen-bond acceptors (Lipinski definition) is 3. The van der Waals surface area contributed by atoms with Gasteiger partial charge in [-0.2, -0.15) is 13.2 Å². The first-order chi connectivity index (χ1) is 14.0. The summed E-state index contributed by atoms with van der Waals surface area (Å²) < 4.78 is 45.5. The second kappa shape index (κ2) is 8.01. The number of nitrogens with zero attached hydrogens (tertiary/aromatic N) is 1. The minimum atomic E-state index is -4.65. The molecule has 0 aliphatic carbocycles. The van der Waals surface area contributed by atoms with Gasteiger partial charge in [0.1, 0.15) is 12.4 Å². The van der Waals surface area contributed by atoms with Gasteiger partial charge >= 0.3 is 6.18 Å². The van der Waals surface area contributed by atoms with E-state index in [1.165, 1.54) is 12.1 Å². The fraction of sp³-hybridized carbons (Fsp3) is 0.364. The summed E-state index contributed by atoms with van der Waals surface area (Å²) in [5.74, 6) is -0.517. The Morgan fingerprint density at radius 3 is 2.57 bits per heavy atom. The Morgan fingerprint density at radius 1 is 1.20 bits per heavy atom. The number of amides is 2. The Bertz CT molecular complexity index is 970. The van der Waals surface area contributed by atoms with Crippen molar-refractivity contribution in [1.29, 1.82) is 0 Å². The molecule has 0 saturated heterocycles. The van der Waals surface area contributed by atoms with Crippen LogP contribution in [0.3, 0.4) is 0 Å². The number of rotatable bonds is 4. The van der Waals surface area contributed by atoms with Gasteiger partial charge in [-0.05, 0) is 50.6 Å². The molecule has 2 aromatic rings. The molecule has 0 aromatic heterocycles. The maximum absolute atomic E-state index is 13.2. The van der Waals surface area contributed by atoms with Gasteiger partial charge in [-0.3, -0.25) is 9.59 Å². The van der Waals surface area contributed by atoms with Crippen molar-refractivity contribution in [3.63, 3.8) is 0 Å². The fourth-order valence-electron chi connectivity index (χ4n) is 3.30. The van der Waals surface area contributed by atoms with Crippen LogP contribution in [0, 0.1) is 5.41 Å². The van der Waals surface area contributed by atoms with Crippen LogP contribution in [0.25, 0.3) is 0 Å². The predicted octanol–water partition coefficient (Wildman–Crippen LogP) is 5.12. The van der Waals surface area contributed by atoms with Crippen molar-refractivity contribution in [3.05, 3.63) is 53.6 Å². The van der Waals surface area contributed by atoms with Crippen LogP contribution >= 0.6 is 0 Å². The van der Waals surface area contributed by atoms with Crippen molar-refractivity contribution in [2.75, 3.05) is 23.4 Å². The van der Waals surface area contributed by atoms with Gasteiger partial charge < -0.3 is 15.0 Å². The summed E-state index contributed by atoms with van der Waals surface area (Å²) in [4.78, 5) is 27.1. The molecule has 0 atom stereocenters. The monoisotopic (exact) mass is 420 g/mol. The molecule has 0 fully saturated rings. The first kappa shape index (κ1) is 21.7. The van der Waals surface area contributed by atoms with Gasteiger partial charge in [0.05, 0.1) is 22.2 Å². The molecule has 0 saturated carbocycles. The molecule has 1 heterocycles. The molecule has 5 nitrogen and oxygen atoms in total. The van der Waals surface area contributed by atoms with Crippen LogP contribution in [0.1, 0.15) is 43.1 Å². The summed E-state index contributed by atoms with van der Waals surface area (Å²) in [6, 6.07) is 9.30. The van der Waals surface area contributed by atoms with Crippen molar-refractivity contribution in [3.8, 4) is 5.75 Å². The lowest BCUT2D eigenvalue weighted by molar-refractivity contribution is -0.137. The summed E-state index contributed by atoms with van der Waals surface area (Å²) in [5.41, 5.74) is -1.46. The van der Waals surface area contributed by atoms with Gasteiger partial charge in [0.2, 0.25) is 5.91 Å². The van der Waals surface area contributed by atoms with Crippen LogP contribution in [0.5, 0.6) is 5.75 Å². The molecule has 2 aromatic carbocycles. The van der Waals surface area contributed by atoms with Crippen molar-refractivity contribution in [2.45, 2.75) is 33.4 Å². The number of halogens is 3. The highest BCUT2D eigenvalue weighted by Gasteiger charge is 2.38. The predicted molar refractivity (Wildman–Crippen MR) is 108 cm³/mol. The molecule has 0 bridgehead atoms. The van der Waals surface area contributed by atoms with E-state index >= 15 is 0 Å². The first-order valence-corrected chi connectivity index (χ1v) is 9.61. The van der Waals surface area contributed by atoms with E-state index in [0.29, 0.717) is 24.4 Å². The van der Waals surface area contributed by atoms with E-state index in [0.717, 1.165) is 12.1 Å². The van der Waals surface area contributed by atoms with Crippen LogP contribution in [-0.2, 0) is 11.0 Å². The highest BCUT2D eigenvalue weighted by molar-refractivity contribution is 6.06. The molecule has 8 heteroatoms. The standard InChI is InChI=1S/C22H23F3N2O3/c1-4-11-27-17-12-14(9-10-18(17)30-13-21(2,3)20(27)29)26-19(28)15-7-5-6-8-16(15)22(23,24)25/h5-10,12H,4,11,13H2,1-3H3,(H,26,28). The van der Waals surface area contributed by atoms with E-state index in [1.54, 1.807) is 36.9 Å². The fourth-order valence-corrected chi connectivity index (χ4v) is 3.30. The SMILES string of the molecule is CCCN1C(=O)C(C)(C)COc2ccc(NC(=O)c3ccccc3C(F)(F)F)cc21. The number of carbonyl (C=O) groups is 2. The minimum absolute atomic E-state index is 0.117. The third kappa shape index (κ3) is 4.27. The number of carbonyl (C=O) groups excluding carboxylic acids is 2. The maximum Gasteiger partial charge on any atom is 0.417 e. The van der Waals surface area contributed by atoms with Crippen LogP contribution < -0.4 is 15.0 Å². The van der Waals surface area contributed by atoms with E-state index < -0.39 is 28.6 Å². The molecule has 1 aliphatic rings. The average Bonchev–Trinajstić information content (AvgIpc) is 2.78. The molecule has 0 radical (unpaired) electrons. The van der Waals surface area contributed by atoms with Crippen LogP contribution in [-0.4, -0.2) is 25.0 Å². The van der Waals surface area contributed by atoms with Crippen LogP contribution in [0.4, 0.5) is 24.5 Å². The molecule has 3 rings (SSSR count). The Morgan fingerprint density at radius 2 is 1.90 bits per heavy atom. The number of fused-ring (bicyclic) bond motifs is 1. The van der Waals surface area contributed by atoms with Gasteiger partial charge in [-0.15, -0.1) is 0 Å². The number of nitrogens with one attached hydrogen (secondary N) is 1. The Labute approximate surface area is 172 Å². The smallest absolute Gasteiger partial charge is 0.417 e. The van der Waals surface area contributed by atoms with Crippen molar-refractivity contribution < 1.29 is 27.5 Å². The van der Waals surface area contributed by atoms with Gasteiger partial charge in [0.25, 0.3) is 5.91 Å². The zero-order chi connectivity index (χ0) is 22.1. The van der Waals surface area contributed by atoms with E-state index in [1.807, 2.05) is 6.92 Å². The molecular formula is C22H23F3N2O3. The van der Waals surface area contributed by atoms with E-state index in [4.69, 9.17) is 4.74 Å². The molecule has 2 amide bonds. The zero-order valence-corrected chi connectivity index (χ0v) is 17.0. The van der Waals surface area contributed by atoms with Crippen molar-refractivity contribution in [2.24, 2.45) is 5.41 Å². The summed E-state index contributed by atoms with van der Waals surface area (Å²) in [6.45, 7) is 6.17. The molecular weight excluding hydrogens is 397 g/mol. The summed E-state index contributed by atoms with van der Waals surface area (Å²) >= 11 is 0. The van der Waals surface area contributed by atoms with Crippen molar-refractivity contribution >= 4 is 23.2 Å². The van der Waals surface area contributed by atoms with Gasteiger partial charge in [-0.1, -0.05) is 19.1 Å². The number of ether oxygens (including phenoxy) is 1. The third-order valence-electron chi connectivity index (χ3n) is 4.84. The highest BCUT2D eigenvalue weighted by Crippen LogP contribution is 2.39. The van der Waals surface area contributed by atoms with E-state index in [9.17, 15) is 22.8 Å². The quantitative estimate of drug-likeness (QED) is 0.747. The molecule has 0 spiro atoms. The first-order valence-electron chi connectivity index (χ1n) is 9.61. The van der Waals surface area contributed by atoms with Gasteiger partial charge in [0, 0.05) is 12.2 Å². The lowest BCUT2D eigenvalue weighted by atomic mass is 9.93. The lowest BCUT2D eigenvalue weighted by Gasteiger charge is -2.28. The van der Waals surface area contributed by atoms with Crippen LogP contribution in [0.15, 0.2) is 42.5 Å². The summed E-state index contributed by atoms with van der Waals surface area (Å²) in [6.07, 6.45) is -3.94. The Kier molecular flexibility index (Phi) is 5.78. The van der Waals surface area contributed by atoms with Crippen molar-refractivity contribution in [1.82, 2.24) is 0 Å². The molecule has 160 valence electrons. The summed E-state index contributed by atoms with van der Waals surface area (Å²) in [5, 5.41) is 2.51. The van der Waals surface area contributed by atoms with Gasteiger partial charge in [0.15, 0.2) is 0 Å². The van der Waals surface area contributed by atoms with Gasteiger partial charge in [-0.25, -0.2) is 0 Å². The normalized spacial score (nSPS) is 15.8. The van der Waals surface area contributed by atoms with E-state index in [-0.39, 0.29) is 18.2 Å². The van der Waals surface area contributed by atoms with Crippen LogP contribution in [0.2, 0.25) is 0 Å². The number of alkyl halides is 3. The average molecular weight is 420 g/mol. The second-order valence-electron chi connectivity index (χ2n) is 7.81. The second-order valence-corrected chi connectivity index (χ2v) is 7.81. The van der Waals surface area contributed by atoms with E-state index in [2.05, 4.69) is 5.32 Å². The molecule has 1 N–H and O–H groups in total. The zero-order valence-electron chi connectivity index (χ0n) is 17.0. The minimum Gasteiger partial charge on any atom is -0.490 e. The number of hydrogen-bond donors (Lipinski definition) is 1. The third-order valence-corrected chi connectivity index (χ3v) is 4.84. The number of anilines is 2. The highest BCUT2D eigenvalue weighted by atomic mass is 19.4. The molecule has 30 heavy (non-hydrogen) atoms. The lowest BCUT2D eigenvalue weighted by Crippen LogP contribution is -2.42. The molecule has 1 aliphatic heterocycles. The number of benzene rings is 2. The Hall–Kier alpha value is -3.03. The molecule has 0 unspecified atom stereocenters. The largest absolute Gasteiger partial charge is 0.490 e. The topological polar surface area (TPSA) is 58.6 Å². The Balaban J connectivity index is 1.95. The maximum atomic E-state index is 13.2.